The van der Waals surface area contributed by atoms with Crippen molar-refractivity contribution in [1.82, 2.24) is 24.6 Å². The van der Waals surface area contributed by atoms with Gasteiger partial charge in [-0.25, -0.2) is 0 Å². The number of hydrogen-bond donors (Lipinski definition) is 0. The average Bonchev–Trinajstić information content (AvgIpc) is 3.16. The molecule has 0 N–H and O–H groups in total. The van der Waals surface area contributed by atoms with Crippen LogP contribution in [0.3, 0.4) is 0 Å². The number of likely N-dealkylation sites (tertiary alicyclic amines) is 1. The zero-order valence-electron chi connectivity index (χ0n) is 11.9. The zero-order chi connectivity index (χ0) is 14.7. The first kappa shape index (κ1) is 14.1. The highest BCUT2D eigenvalue weighted by molar-refractivity contribution is 7.99. The number of thioether (sulfide) groups is 1. The highest BCUT2D eigenvalue weighted by Gasteiger charge is 2.19. The zero-order valence-corrected chi connectivity index (χ0v) is 12.7. The number of hydrogen-bond acceptors (Lipinski definition) is 5. The lowest BCUT2D eigenvalue weighted by Gasteiger charge is -2.14. The van der Waals surface area contributed by atoms with Crippen molar-refractivity contribution >= 4 is 17.7 Å². The van der Waals surface area contributed by atoms with Gasteiger partial charge in [-0.15, -0.1) is 10.2 Å². The van der Waals surface area contributed by atoms with Gasteiger partial charge in [0.1, 0.15) is 0 Å². The number of pyridine rings is 1. The molecule has 1 fully saturated rings. The van der Waals surface area contributed by atoms with E-state index < -0.39 is 0 Å². The minimum absolute atomic E-state index is 0.186. The molecule has 2 aromatic heterocycles. The van der Waals surface area contributed by atoms with Crippen LogP contribution in [0.5, 0.6) is 0 Å². The fourth-order valence-corrected chi connectivity index (χ4v) is 3.19. The van der Waals surface area contributed by atoms with Crippen molar-refractivity contribution < 1.29 is 4.79 Å². The van der Waals surface area contributed by atoms with Crippen LogP contribution in [-0.2, 0) is 11.8 Å². The van der Waals surface area contributed by atoms with Crippen LogP contribution in [0.1, 0.15) is 12.8 Å². The Morgan fingerprint density at radius 2 is 1.95 bits per heavy atom. The van der Waals surface area contributed by atoms with Crippen LogP contribution in [0.15, 0.2) is 29.7 Å². The lowest BCUT2D eigenvalue weighted by Crippen LogP contribution is -2.29. The molecule has 3 heterocycles. The van der Waals surface area contributed by atoms with E-state index in [4.69, 9.17) is 0 Å². The van der Waals surface area contributed by atoms with Crippen molar-refractivity contribution in [3.8, 4) is 11.4 Å². The third-order valence-electron chi connectivity index (χ3n) is 3.56. The van der Waals surface area contributed by atoms with Crippen LogP contribution >= 0.6 is 11.8 Å². The standard InChI is InChI=1S/C14H17N5OS/c1-18-13(11-4-6-15-7-5-11)16-17-14(18)21-10-12(20)19-8-2-3-9-19/h4-7H,2-3,8-10H2,1H3. The first-order chi connectivity index (χ1) is 10.3. The molecule has 0 atom stereocenters. The van der Waals surface area contributed by atoms with Gasteiger partial charge in [0, 0.05) is 38.1 Å². The molecule has 110 valence electrons. The molecule has 1 aliphatic rings. The summed E-state index contributed by atoms with van der Waals surface area (Å²) in [6.45, 7) is 1.78. The Labute approximate surface area is 127 Å². The van der Waals surface area contributed by atoms with Gasteiger partial charge in [-0.3, -0.25) is 9.78 Å². The molecule has 21 heavy (non-hydrogen) atoms. The molecule has 0 bridgehead atoms. The topological polar surface area (TPSA) is 63.9 Å². The lowest BCUT2D eigenvalue weighted by atomic mass is 10.2. The van der Waals surface area contributed by atoms with Gasteiger partial charge in [-0.05, 0) is 25.0 Å². The van der Waals surface area contributed by atoms with Gasteiger partial charge in [0.25, 0.3) is 0 Å². The molecule has 0 saturated carbocycles. The molecular formula is C14H17N5OS. The second-order valence-corrected chi connectivity index (χ2v) is 5.92. The Morgan fingerprint density at radius 1 is 1.24 bits per heavy atom. The second-order valence-electron chi connectivity index (χ2n) is 4.98. The van der Waals surface area contributed by atoms with E-state index >= 15 is 0 Å². The molecule has 0 spiro atoms. The monoisotopic (exact) mass is 303 g/mol. The molecule has 7 heteroatoms. The average molecular weight is 303 g/mol. The van der Waals surface area contributed by atoms with E-state index in [1.807, 2.05) is 28.6 Å². The Morgan fingerprint density at radius 3 is 2.67 bits per heavy atom. The maximum Gasteiger partial charge on any atom is 0.233 e. The van der Waals surface area contributed by atoms with Crippen molar-refractivity contribution in [3.63, 3.8) is 0 Å². The van der Waals surface area contributed by atoms with E-state index in [0.29, 0.717) is 5.75 Å². The maximum absolute atomic E-state index is 12.0. The number of carbonyl (C=O) groups is 1. The van der Waals surface area contributed by atoms with E-state index in [1.54, 1.807) is 12.4 Å². The van der Waals surface area contributed by atoms with Crippen molar-refractivity contribution in [1.29, 1.82) is 0 Å². The predicted molar refractivity (Wildman–Crippen MR) is 80.8 cm³/mol. The summed E-state index contributed by atoms with van der Waals surface area (Å²) in [5.41, 5.74) is 0.970. The fourth-order valence-electron chi connectivity index (χ4n) is 2.38. The number of aromatic nitrogens is 4. The van der Waals surface area contributed by atoms with E-state index in [9.17, 15) is 4.79 Å². The molecule has 6 nitrogen and oxygen atoms in total. The smallest absolute Gasteiger partial charge is 0.233 e. The normalized spacial score (nSPS) is 14.6. The van der Waals surface area contributed by atoms with E-state index in [0.717, 1.165) is 42.5 Å². The van der Waals surface area contributed by atoms with E-state index in [-0.39, 0.29) is 5.91 Å². The summed E-state index contributed by atoms with van der Waals surface area (Å²) in [5.74, 6) is 1.39. The van der Waals surface area contributed by atoms with Crippen molar-refractivity contribution in [2.24, 2.45) is 7.05 Å². The molecular weight excluding hydrogens is 286 g/mol. The summed E-state index contributed by atoms with van der Waals surface area (Å²) < 4.78 is 1.91. The maximum atomic E-state index is 12.0. The van der Waals surface area contributed by atoms with Gasteiger partial charge in [0.2, 0.25) is 5.91 Å². The molecule has 0 radical (unpaired) electrons. The summed E-state index contributed by atoms with van der Waals surface area (Å²) in [4.78, 5) is 18.0. The quantitative estimate of drug-likeness (QED) is 0.803. The summed E-state index contributed by atoms with van der Waals surface area (Å²) in [6, 6.07) is 3.79. The van der Waals surface area contributed by atoms with E-state index in [2.05, 4.69) is 15.2 Å². The number of nitrogens with zero attached hydrogens (tertiary/aromatic N) is 5. The SMILES string of the molecule is Cn1c(SCC(=O)N2CCCC2)nnc1-c1ccncc1. The molecule has 3 rings (SSSR count). The van der Waals surface area contributed by atoms with Crippen molar-refractivity contribution in [2.75, 3.05) is 18.8 Å². The summed E-state index contributed by atoms with van der Waals surface area (Å²) >= 11 is 1.44. The highest BCUT2D eigenvalue weighted by Crippen LogP contribution is 2.22. The lowest BCUT2D eigenvalue weighted by molar-refractivity contribution is -0.127. The summed E-state index contributed by atoms with van der Waals surface area (Å²) in [5, 5.41) is 9.14. The molecule has 1 amide bonds. The van der Waals surface area contributed by atoms with E-state index in [1.165, 1.54) is 11.8 Å². The predicted octanol–water partition coefficient (Wildman–Crippen LogP) is 1.59. The number of carbonyl (C=O) groups excluding carboxylic acids is 1. The van der Waals surface area contributed by atoms with Gasteiger partial charge in [0.05, 0.1) is 5.75 Å². The third-order valence-corrected chi connectivity index (χ3v) is 4.56. The van der Waals surface area contributed by atoms with Crippen LogP contribution in [-0.4, -0.2) is 49.4 Å². The largest absolute Gasteiger partial charge is 0.342 e. The number of rotatable bonds is 4. The Kier molecular flexibility index (Phi) is 4.19. The molecule has 0 aliphatic carbocycles. The van der Waals surface area contributed by atoms with Crippen molar-refractivity contribution in [2.45, 2.75) is 18.0 Å². The van der Waals surface area contributed by atoms with Crippen LogP contribution in [0.25, 0.3) is 11.4 Å². The van der Waals surface area contributed by atoms with Gasteiger partial charge in [-0.2, -0.15) is 0 Å². The van der Waals surface area contributed by atoms with Gasteiger partial charge in [0.15, 0.2) is 11.0 Å². The first-order valence-corrected chi connectivity index (χ1v) is 7.94. The first-order valence-electron chi connectivity index (χ1n) is 6.96. The fraction of sp³-hybridized carbons (Fsp3) is 0.429. The molecule has 2 aromatic rings. The van der Waals surface area contributed by atoms with Crippen molar-refractivity contribution in [3.05, 3.63) is 24.5 Å². The minimum Gasteiger partial charge on any atom is -0.342 e. The Balaban J connectivity index is 1.67. The summed E-state index contributed by atoms with van der Waals surface area (Å²) in [6.07, 6.45) is 5.70. The van der Waals surface area contributed by atoms with Gasteiger partial charge < -0.3 is 9.47 Å². The molecule has 1 aliphatic heterocycles. The molecule has 0 aromatic carbocycles. The molecule has 0 unspecified atom stereocenters. The molecule has 1 saturated heterocycles. The van der Waals surface area contributed by atoms with Gasteiger partial charge in [-0.1, -0.05) is 11.8 Å². The number of amides is 1. The third kappa shape index (κ3) is 3.07. The van der Waals surface area contributed by atoms with Crippen LogP contribution in [0.4, 0.5) is 0 Å². The van der Waals surface area contributed by atoms with Crippen LogP contribution in [0, 0.1) is 0 Å². The summed E-state index contributed by atoms with van der Waals surface area (Å²) in [7, 11) is 1.92. The Hall–Kier alpha value is -1.89. The second kappa shape index (κ2) is 6.26. The van der Waals surface area contributed by atoms with Crippen LogP contribution in [0.2, 0.25) is 0 Å². The van der Waals surface area contributed by atoms with Gasteiger partial charge >= 0.3 is 0 Å². The minimum atomic E-state index is 0.186. The Bertz CT molecular complexity index is 622. The van der Waals surface area contributed by atoms with Crippen LogP contribution < -0.4 is 0 Å². The highest BCUT2D eigenvalue weighted by atomic mass is 32.2.